The lowest BCUT2D eigenvalue weighted by Crippen LogP contribution is -2.36. The van der Waals surface area contributed by atoms with E-state index in [9.17, 15) is 19.5 Å². The van der Waals surface area contributed by atoms with Gasteiger partial charge in [0.25, 0.3) is 0 Å². The fourth-order valence-corrected chi connectivity index (χ4v) is 5.62. The Balaban J connectivity index is 1.68. The SMILES string of the molecule is Cc1cccc(-c2csc(NC(=O)[C@H]3[C@@H](C(=O)O)[C@H]4C=C[C@@H]3C4)c2C(=O)OC(C)C)c1. The lowest BCUT2D eigenvalue weighted by Gasteiger charge is -2.23. The molecule has 1 heterocycles. The zero-order valence-corrected chi connectivity index (χ0v) is 18.4. The summed E-state index contributed by atoms with van der Waals surface area (Å²) >= 11 is 1.25. The van der Waals surface area contributed by atoms with Crippen LogP contribution in [-0.4, -0.2) is 29.1 Å². The molecular formula is C24H25NO5S. The van der Waals surface area contributed by atoms with Crippen LogP contribution in [-0.2, 0) is 14.3 Å². The number of anilines is 1. The Kier molecular flexibility index (Phi) is 5.71. The molecule has 1 aromatic heterocycles. The highest BCUT2D eigenvalue weighted by Crippen LogP contribution is 2.49. The van der Waals surface area contributed by atoms with Crippen LogP contribution in [0.4, 0.5) is 5.00 Å². The molecular weight excluding hydrogens is 414 g/mol. The fourth-order valence-electron chi connectivity index (χ4n) is 4.66. The van der Waals surface area contributed by atoms with Gasteiger partial charge in [-0.2, -0.15) is 0 Å². The summed E-state index contributed by atoms with van der Waals surface area (Å²) in [4.78, 5) is 37.9. The van der Waals surface area contributed by atoms with Crippen LogP contribution in [0, 0.1) is 30.6 Å². The van der Waals surface area contributed by atoms with Crippen LogP contribution in [0.3, 0.4) is 0 Å². The molecule has 1 saturated carbocycles. The highest BCUT2D eigenvalue weighted by molar-refractivity contribution is 7.15. The second-order valence-corrected chi connectivity index (χ2v) is 9.38. The van der Waals surface area contributed by atoms with Crippen LogP contribution in [0.5, 0.6) is 0 Å². The number of esters is 1. The van der Waals surface area contributed by atoms with Crippen molar-refractivity contribution in [3.05, 3.63) is 52.9 Å². The van der Waals surface area contributed by atoms with E-state index in [1.807, 2.05) is 48.7 Å². The number of amides is 1. The molecule has 0 spiro atoms. The minimum absolute atomic E-state index is 0.0895. The Labute approximate surface area is 184 Å². The topological polar surface area (TPSA) is 92.7 Å². The van der Waals surface area contributed by atoms with E-state index in [1.165, 1.54) is 11.3 Å². The highest BCUT2D eigenvalue weighted by atomic mass is 32.1. The number of aryl methyl sites for hydroxylation is 1. The monoisotopic (exact) mass is 439 g/mol. The maximum absolute atomic E-state index is 13.2. The Morgan fingerprint density at radius 3 is 2.52 bits per heavy atom. The lowest BCUT2D eigenvalue weighted by molar-refractivity contribution is -0.146. The second-order valence-electron chi connectivity index (χ2n) is 8.50. The van der Waals surface area contributed by atoms with Gasteiger partial charge >= 0.3 is 11.9 Å². The number of thiophene rings is 1. The lowest BCUT2D eigenvalue weighted by atomic mass is 9.82. The van der Waals surface area contributed by atoms with Gasteiger partial charge in [0.1, 0.15) is 10.6 Å². The van der Waals surface area contributed by atoms with Crippen LogP contribution >= 0.6 is 11.3 Å². The standard InChI is InChI=1S/C24H25NO5S/c1-12(2)30-24(29)20-17(14-6-4-5-13(3)9-14)11-31-22(20)25-21(26)18-15-7-8-16(10-15)19(18)23(27)28/h4-9,11-12,15-16,18-19H,10H2,1-3H3,(H,25,26)(H,27,28)/t15-,16+,18-,19+/m1/s1. The summed E-state index contributed by atoms with van der Waals surface area (Å²) in [6, 6.07) is 7.77. The summed E-state index contributed by atoms with van der Waals surface area (Å²) in [5, 5.41) is 14.7. The first-order valence-corrected chi connectivity index (χ1v) is 11.3. The molecule has 0 radical (unpaired) electrons. The number of fused-ring (bicyclic) bond motifs is 2. The minimum Gasteiger partial charge on any atom is -0.481 e. The number of hydrogen-bond acceptors (Lipinski definition) is 5. The molecule has 4 rings (SSSR count). The van der Waals surface area contributed by atoms with Gasteiger partial charge in [-0.05, 0) is 44.6 Å². The summed E-state index contributed by atoms with van der Waals surface area (Å²) in [5.74, 6) is -3.42. The number of aliphatic carboxylic acids is 1. The van der Waals surface area contributed by atoms with E-state index in [-0.39, 0.29) is 23.8 Å². The number of carbonyl (C=O) groups is 3. The van der Waals surface area contributed by atoms with Gasteiger partial charge in [-0.3, -0.25) is 9.59 Å². The number of hydrogen-bond donors (Lipinski definition) is 2. The van der Waals surface area contributed by atoms with E-state index in [2.05, 4.69) is 5.32 Å². The van der Waals surface area contributed by atoms with E-state index >= 15 is 0 Å². The molecule has 2 N–H and O–H groups in total. The zero-order chi connectivity index (χ0) is 22.3. The molecule has 2 aliphatic rings. The maximum atomic E-state index is 13.2. The summed E-state index contributed by atoms with van der Waals surface area (Å²) < 4.78 is 5.45. The number of ether oxygens (including phenoxy) is 1. The van der Waals surface area contributed by atoms with Gasteiger partial charge in [0.2, 0.25) is 5.91 Å². The molecule has 31 heavy (non-hydrogen) atoms. The average molecular weight is 440 g/mol. The Morgan fingerprint density at radius 1 is 1.16 bits per heavy atom. The van der Waals surface area contributed by atoms with Crippen LogP contribution < -0.4 is 5.32 Å². The Morgan fingerprint density at radius 2 is 1.87 bits per heavy atom. The third kappa shape index (κ3) is 4.02. The molecule has 1 aromatic carbocycles. The minimum atomic E-state index is -0.955. The molecule has 0 saturated heterocycles. The molecule has 6 nitrogen and oxygen atoms in total. The highest BCUT2D eigenvalue weighted by Gasteiger charge is 2.51. The molecule has 162 valence electrons. The van der Waals surface area contributed by atoms with Crippen molar-refractivity contribution in [1.82, 2.24) is 0 Å². The van der Waals surface area contributed by atoms with Crippen LogP contribution in [0.2, 0.25) is 0 Å². The normalized spacial score (nSPS) is 23.9. The van der Waals surface area contributed by atoms with E-state index in [4.69, 9.17) is 4.74 Å². The molecule has 2 aromatic rings. The first kappa shape index (κ1) is 21.3. The largest absolute Gasteiger partial charge is 0.481 e. The van der Waals surface area contributed by atoms with Gasteiger partial charge < -0.3 is 15.2 Å². The second kappa shape index (κ2) is 8.30. The van der Waals surface area contributed by atoms with Crippen molar-refractivity contribution in [3.63, 3.8) is 0 Å². The summed E-state index contributed by atoms with van der Waals surface area (Å²) in [7, 11) is 0. The number of allylic oxidation sites excluding steroid dienone is 2. The fraction of sp³-hybridized carbons (Fsp3) is 0.375. The van der Waals surface area contributed by atoms with Crippen molar-refractivity contribution < 1.29 is 24.2 Å². The van der Waals surface area contributed by atoms with E-state index in [1.54, 1.807) is 13.8 Å². The third-order valence-electron chi connectivity index (χ3n) is 5.95. The number of nitrogens with one attached hydrogen (secondary N) is 1. The maximum Gasteiger partial charge on any atom is 0.342 e. The van der Waals surface area contributed by atoms with E-state index < -0.39 is 23.8 Å². The third-order valence-corrected chi connectivity index (χ3v) is 6.85. The van der Waals surface area contributed by atoms with E-state index in [0.717, 1.165) is 11.1 Å². The number of rotatable bonds is 6. The number of benzene rings is 1. The molecule has 2 bridgehead atoms. The molecule has 1 fully saturated rings. The van der Waals surface area contributed by atoms with Crippen molar-refractivity contribution in [2.24, 2.45) is 23.7 Å². The van der Waals surface area contributed by atoms with Crippen molar-refractivity contribution >= 4 is 34.2 Å². The first-order valence-electron chi connectivity index (χ1n) is 10.4. The molecule has 0 unspecified atom stereocenters. The molecule has 2 aliphatic carbocycles. The van der Waals surface area contributed by atoms with E-state index in [0.29, 0.717) is 22.5 Å². The number of carbonyl (C=O) groups excluding carboxylic acids is 2. The van der Waals surface area contributed by atoms with Gasteiger partial charge in [-0.15, -0.1) is 11.3 Å². The predicted octanol–water partition coefficient (Wildman–Crippen LogP) is 4.75. The quantitative estimate of drug-likeness (QED) is 0.500. The molecule has 4 atom stereocenters. The first-order chi connectivity index (χ1) is 14.8. The van der Waals surface area contributed by atoms with Gasteiger partial charge in [-0.1, -0.05) is 42.0 Å². The summed E-state index contributed by atoms with van der Waals surface area (Å²) in [6.45, 7) is 5.52. The molecule has 7 heteroatoms. The number of carboxylic acids is 1. The van der Waals surface area contributed by atoms with Crippen molar-refractivity contribution in [1.29, 1.82) is 0 Å². The van der Waals surface area contributed by atoms with Gasteiger partial charge in [0.05, 0.1) is 17.9 Å². The molecule has 0 aliphatic heterocycles. The van der Waals surface area contributed by atoms with Crippen molar-refractivity contribution in [2.45, 2.75) is 33.3 Å². The zero-order valence-electron chi connectivity index (χ0n) is 17.6. The predicted molar refractivity (Wildman–Crippen MR) is 119 cm³/mol. The van der Waals surface area contributed by atoms with Gasteiger partial charge in [-0.25, -0.2) is 4.79 Å². The average Bonchev–Trinajstić information content (AvgIpc) is 3.41. The van der Waals surface area contributed by atoms with Crippen LogP contribution in [0.25, 0.3) is 11.1 Å². The van der Waals surface area contributed by atoms with Crippen LogP contribution in [0.1, 0.15) is 36.2 Å². The van der Waals surface area contributed by atoms with Crippen LogP contribution in [0.15, 0.2) is 41.8 Å². The van der Waals surface area contributed by atoms with Crippen molar-refractivity contribution in [3.8, 4) is 11.1 Å². The molecule has 1 amide bonds. The summed E-state index contributed by atoms with van der Waals surface area (Å²) in [6.07, 6.45) is 4.21. The van der Waals surface area contributed by atoms with Gasteiger partial charge in [0.15, 0.2) is 0 Å². The van der Waals surface area contributed by atoms with Crippen molar-refractivity contribution in [2.75, 3.05) is 5.32 Å². The van der Waals surface area contributed by atoms with Gasteiger partial charge in [0, 0.05) is 10.9 Å². The summed E-state index contributed by atoms with van der Waals surface area (Å²) in [5.41, 5.74) is 2.91. The smallest absolute Gasteiger partial charge is 0.342 e. The Bertz CT molecular complexity index is 1070. The number of carboxylic acid groups (broad SMARTS) is 1. The Hall–Kier alpha value is -2.93.